The smallest absolute Gasteiger partial charge is 0.341 e. The van der Waals surface area contributed by atoms with Crippen molar-refractivity contribution in [2.45, 2.75) is 20.8 Å². The van der Waals surface area contributed by atoms with Crippen molar-refractivity contribution in [3.8, 4) is 0 Å². The fraction of sp³-hybridized carbons (Fsp3) is 0.286. The first-order valence-electron chi connectivity index (χ1n) is 6.00. The summed E-state index contributed by atoms with van der Waals surface area (Å²) in [5.74, 6) is -0.626. The predicted molar refractivity (Wildman–Crippen MR) is 82.1 cm³/mol. The number of nitrogens with one attached hydrogen (secondary N) is 1. The standard InChI is InChI=1S/C14H15NO3S2/c1-7-5-6-10(19-7)12(16)15-13-11(14(17)18-4)8(2)9(3)20-13/h5-6H,1-4H3,(H,15,16). The van der Waals surface area contributed by atoms with Crippen LogP contribution >= 0.6 is 22.7 Å². The highest BCUT2D eigenvalue weighted by atomic mass is 32.1. The van der Waals surface area contributed by atoms with Crippen LogP contribution in [0, 0.1) is 20.8 Å². The third-order valence-electron chi connectivity index (χ3n) is 2.97. The number of ether oxygens (including phenoxy) is 1. The number of methoxy groups -OCH3 is 1. The number of amides is 1. The first-order valence-corrected chi connectivity index (χ1v) is 7.63. The number of thiophene rings is 2. The molecule has 2 rings (SSSR count). The lowest BCUT2D eigenvalue weighted by molar-refractivity contribution is 0.0601. The number of rotatable bonds is 3. The van der Waals surface area contributed by atoms with Gasteiger partial charge >= 0.3 is 5.97 Å². The van der Waals surface area contributed by atoms with Gasteiger partial charge in [-0.3, -0.25) is 4.79 Å². The van der Waals surface area contributed by atoms with E-state index in [4.69, 9.17) is 4.74 Å². The largest absolute Gasteiger partial charge is 0.465 e. The van der Waals surface area contributed by atoms with Gasteiger partial charge in [0.05, 0.1) is 17.6 Å². The minimum Gasteiger partial charge on any atom is -0.465 e. The second kappa shape index (κ2) is 5.76. The monoisotopic (exact) mass is 309 g/mol. The Hall–Kier alpha value is -1.66. The third-order valence-corrected chi connectivity index (χ3v) is 5.09. The van der Waals surface area contributed by atoms with Gasteiger partial charge in [0, 0.05) is 9.75 Å². The normalized spacial score (nSPS) is 10.4. The summed E-state index contributed by atoms with van der Waals surface area (Å²) >= 11 is 2.81. The van der Waals surface area contributed by atoms with Gasteiger partial charge in [-0.1, -0.05) is 0 Å². The highest BCUT2D eigenvalue weighted by Crippen LogP contribution is 2.33. The topological polar surface area (TPSA) is 55.4 Å². The summed E-state index contributed by atoms with van der Waals surface area (Å²) in [7, 11) is 1.34. The number of carbonyl (C=O) groups excluding carboxylic acids is 2. The number of hydrogen-bond acceptors (Lipinski definition) is 5. The summed E-state index contributed by atoms with van der Waals surface area (Å²) in [6, 6.07) is 3.67. The van der Waals surface area contributed by atoms with Crippen LogP contribution in [0.2, 0.25) is 0 Å². The van der Waals surface area contributed by atoms with Gasteiger partial charge in [0.1, 0.15) is 5.00 Å². The molecule has 0 atom stereocenters. The molecule has 20 heavy (non-hydrogen) atoms. The molecule has 4 nitrogen and oxygen atoms in total. The highest BCUT2D eigenvalue weighted by Gasteiger charge is 2.22. The van der Waals surface area contributed by atoms with Gasteiger partial charge < -0.3 is 10.1 Å². The summed E-state index contributed by atoms with van der Waals surface area (Å²) in [5, 5.41) is 3.35. The zero-order chi connectivity index (χ0) is 14.9. The fourth-order valence-corrected chi connectivity index (χ4v) is 3.59. The zero-order valence-corrected chi connectivity index (χ0v) is 13.3. The first-order chi connectivity index (χ1) is 9.43. The molecule has 0 unspecified atom stereocenters. The first kappa shape index (κ1) is 14.7. The van der Waals surface area contributed by atoms with Gasteiger partial charge in [-0.2, -0.15) is 0 Å². The van der Waals surface area contributed by atoms with Gasteiger partial charge in [-0.15, -0.1) is 22.7 Å². The van der Waals surface area contributed by atoms with Crippen molar-refractivity contribution in [2.75, 3.05) is 12.4 Å². The Kier molecular flexibility index (Phi) is 4.25. The van der Waals surface area contributed by atoms with Crippen LogP contribution in [0.4, 0.5) is 5.00 Å². The maximum absolute atomic E-state index is 12.2. The van der Waals surface area contributed by atoms with E-state index < -0.39 is 5.97 Å². The van der Waals surface area contributed by atoms with E-state index >= 15 is 0 Å². The predicted octanol–water partition coefficient (Wildman–Crippen LogP) is 3.77. The lowest BCUT2D eigenvalue weighted by Gasteiger charge is -2.04. The highest BCUT2D eigenvalue weighted by molar-refractivity contribution is 7.17. The molecule has 0 saturated heterocycles. The summed E-state index contributed by atoms with van der Waals surface area (Å²) in [5.41, 5.74) is 1.29. The van der Waals surface area contributed by atoms with E-state index in [0.29, 0.717) is 15.4 Å². The molecule has 106 valence electrons. The molecule has 0 aliphatic rings. The van der Waals surface area contributed by atoms with Crippen molar-refractivity contribution >= 4 is 39.6 Å². The van der Waals surface area contributed by atoms with Crippen LogP contribution in [-0.4, -0.2) is 19.0 Å². The minimum absolute atomic E-state index is 0.200. The van der Waals surface area contributed by atoms with Crippen LogP contribution in [-0.2, 0) is 4.74 Å². The number of carbonyl (C=O) groups is 2. The van der Waals surface area contributed by atoms with Crippen molar-refractivity contribution < 1.29 is 14.3 Å². The van der Waals surface area contributed by atoms with Crippen molar-refractivity contribution in [3.63, 3.8) is 0 Å². The van der Waals surface area contributed by atoms with Gasteiger partial charge in [-0.05, 0) is 38.5 Å². The van der Waals surface area contributed by atoms with Crippen LogP contribution in [0.15, 0.2) is 12.1 Å². The van der Waals surface area contributed by atoms with Crippen molar-refractivity contribution in [1.29, 1.82) is 0 Å². The molecule has 2 aromatic heterocycles. The van der Waals surface area contributed by atoms with Gasteiger partial charge in [-0.25, -0.2) is 4.79 Å². The number of aryl methyl sites for hydroxylation is 2. The number of hydrogen-bond donors (Lipinski definition) is 1. The molecule has 0 radical (unpaired) electrons. The number of anilines is 1. The maximum Gasteiger partial charge on any atom is 0.341 e. The average molecular weight is 309 g/mol. The molecule has 2 aromatic rings. The summed E-state index contributed by atoms with van der Waals surface area (Å²) in [6.07, 6.45) is 0. The SMILES string of the molecule is COC(=O)c1c(NC(=O)c2ccc(C)s2)sc(C)c1C. The summed E-state index contributed by atoms with van der Waals surface area (Å²) in [6.45, 7) is 5.71. The maximum atomic E-state index is 12.2. The summed E-state index contributed by atoms with van der Waals surface area (Å²) < 4.78 is 4.78. The fourth-order valence-electron chi connectivity index (χ4n) is 1.78. The second-order valence-electron chi connectivity index (χ2n) is 4.34. The molecule has 0 fully saturated rings. The van der Waals surface area contributed by atoms with Crippen molar-refractivity contribution in [1.82, 2.24) is 0 Å². The quantitative estimate of drug-likeness (QED) is 0.878. The lowest BCUT2D eigenvalue weighted by atomic mass is 10.1. The Labute approximate surface area is 125 Å². The Bertz CT molecular complexity index is 670. The van der Waals surface area contributed by atoms with Crippen LogP contribution in [0.3, 0.4) is 0 Å². The Morgan fingerprint density at radius 3 is 2.40 bits per heavy atom. The zero-order valence-electron chi connectivity index (χ0n) is 11.7. The molecule has 0 aromatic carbocycles. The Balaban J connectivity index is 2.32. The Morgan fingerprint density at radius 2 is 1.85 bits per heavy atom. The van der Waals surface area contributed by atoms with Gasteiger partial charge in [0.2, 0.25) is 0 Å². The van der Waals surface area contributed by atoms with Crippen LogP contribution in [0.5, 0.6) is 0 Å². The van der Waals surface area contributed by atoms with Crippen LogP contribution in [0.25, 0.3) is 0 Å². The molecule has 2 heterocycles. The van der Waals surface area contributed by atoms with E-state index in [1.165, 1.54) is 29.8 Å². The summed E-state index contributed by atoms with van der Waals surface area (Å²) in [4.78, 5) is 26.7. The molecule has 0 aliphatic heterocycles. The second-order valence-corrected chi connectivity index (χ2v) is 6.86. The molecular formula is C14H15NO3S2. The molecule has 1 amide bonds. The third kappa shape index (κ3) is 2.76. The number of esters is 1. The van der Waals surface area contributed by atoms with E-state index in [1.54, 1.807) is 6.07 Å². The van der Waals surface area contributed by atoms with Gasteiger partial charge in [0.15, 0.2) is 0 Å². The van der Waals surface area contributed by atoms with Crippen molar-refractivity contribution in [3.05, 3.63) is 37.9 Å². The molecule has 1 N–H and O–H groups in total. The molecular weight excluding hydrogens is 294 g/mol. The minimum atomic E-state index is -0.426. The van der Waals surface area contributed by atoms with Crippen LogP contribution in [0.1, 0.15) is 35.3 Å². The molecule has 6 heteroatoms. The van der Waals surface area contributed by atoms with E-state index in [1.807, 2.05) is 26.8 Å². The molecule has 0 aliphatic carbocycles. The van der Waals surface area contributed by atoms with E-state index in [9.17, 15) is 9.59 Å². The van der Waals surface area contributed by atoms with E-state index in [-0.39, 0.29) is 5.91 Å². The molecule has 0 spiro atoms. The van der Waals surface area contributed by atoms with Crippen LogP contribution < -0.4 is 5.32 Å². The van der Waals surface area contributed by atoms with E-state index in [2.05, 4.69) is 5.32 Å². The average Bonchev–Trinajstić information content (AvgIpc) is 2.94. The molecule has 0 saturated carbocycles. The Morgan fingerprint density at radius 1 is 1.15 bits per heavy atom. The van der Waals surface area contributed by atoms with Gasteiger partial charge in [0.25, 0.3) is 5.91 Å². The lowest BCUT2D eigenvalue weighted by Crippen LogP contribution is -2.13. The van der Waals surface area contributed by atoms with Crippen molar-refractivity contribution in [2.24, 2.45) is 0 Å². The molecule has 0 bridgehead atoms. The van der Waals surface area contributed by atoms with E-state index in [0.717, 1.165) is 15.3 Å².